The number of nitrogens with one attached hydrogen (secondary N) is 2. The third-order valence-corrected chi connectivity index (χ3v) is 3.41. The van der Waals surface area contributed by atoms with Crippen LogP contribution in [-0.2, 0) is 4.74 Å². The van der Waals surface area contributed by atoms with Crippen LogP contribution in [0, 0.1) is 5.41 Å². The normalized spacial score (nSPS) is 33.6. The Labute approximate surface area is 97.1 Å². The maximum absolute atomic E-state index is 11.5. The molecule has 0 radical (unpaired) electrons. The van der Waals surface area contributed by atoms with Gasteiger partial charge in [-0.3, -0.25) is 0 Å². The molecule has 0 atom stereocenters. The zero-order valence-electron chi connectivity index (χ0n) is 10.4. The van der Waals surface area contributed by atoms with Gasteiger partial charge in [-0.2, -0.15) is 0 Å². The molecule has 0 aromatic rings. The van der Waals surface area contributed by atoms with Gasteiger partial charge >= 0.3 is 6.09 Å². The van der Waals surface area contributed by atoms with E-state index in [4.69, 9.17) is 4.74 Å². The second-order valence-corrected chi connectivity index (χ2v) is 6.18. The van der Waals surface area contributed by atoms with E-state index in [-0.39, 0.29) is 6.09 Å². The van der Waals surface area contributed by atoms with Crippen LogP contribution >= 0.6 is 0 Å². The van der Waals surface area contributed by atoms with Crippen molar-refractivity contribution in [3.05, 3.63) is 0 Å². The zero-order chi connectivity index (χ0) is 11.8. The quantitative estimate of drug-likeness (QED) is 0.715. The van der Waals surface area contributed by atoms with Crippen molar-refractivity contribution in [2.75, 3.05) is 13.1 Å². The standard InChI is InChI=1S/C12H22N2O2/c1-11(2,3)16-10(15)14-9-6-12(7-9)4-5-13-8-12/h9,13H,4-8H2,1-3H3,(H,14,15). The number of amides is 1. The first-order chi connectivity index (χ1) is 7.39. The molecule has 4 nitrogen and oxygen atoms in total. The third kappa shape index (κ3) is 2.67. The number of hydrogen-bond donors (Lipinski definition) is 2. The van der Waals surface area contributed by atoms with Crippen molar-refractivity contribution in [3.8, 4) is 0 Å². The molecule has 0 unspecified atom stereocenters. The first-order valence-electron chi connectivity index (χ1n) is 6.09. The molecule has 2 rings (SSSR count). The Morgan fingerprint density at radius 2 is 2.12 bits per heavy atom. The second kappa shape index (κ2) is 3.91. The number of carbonyl (C=O) groups excluding carboxylic acids is 1. The lowest BCUT2D eigenvalue weighted by atomic mass is 9.65. The molecule has 1 saturated carbocycles. The number of ether oxygens (including phenoxy) is 1. The molecule has 1 amide bonds. The smallest absolute Gasteiger partial charge is 0.407 e. The Hall–Kier alpha value is -0.770. The summed E-state index contributed by atoms with van der Waals surface area (Å²) in [4.78, 5) is 11.5. The maximum Gasteiger partial charge on any atom is 0.407 e. The number of hydrogen-bond acceptors (Lipinski definition) is 3. The van der Waals surface area contributed by atoms with Crippen LogP contribution in [0.3, 0.4) is 0 Å². The number of alkyl carbamates (subject to hydrolysis) is 1. The zero-order valence-corrected chi connectivity index (χ0v) is 10.4. The highest BCUT2D eigenvalue weighted by atomic mass is 16.6. The van der Waals surface area contributed by atoms with Crippen LogP contribution in [0.4, 0.5) is 4.79 Å². The van der Waals surface area contributed by atoms with Crippen LogP contribution in [0.1, 0.15) is 40.0 Å². The molecule has 0 aromatic heterocycles. The van der Waals surface area contributed by atoms with Crippen LogP contribution in [0.25, 0.3) is 0 Å². The van der Waals surface area contributed by atoms with E-state index in [0.717, 1.165) is 25.9 Å². The minimum absolute atomic E-state index is 0.279. The molecule has 0 bridgehead atoms. The molecular weight excluding hydrogens is 204 g/mol. The monoisotopic (exact) mass is 226 g/mol. The van der Waals surface area contributed by atoms with Crippen molar-refractivity contribution in [1.82, 2.24) is 10.6 Å². The fraction of sp³-hybridized carbons (Fsp3) is 0.917. The summed E-state index contributed by atoms with van der Waals surface area (Å²) >= 11 is 0. The minimum atomic E-state index is -0.402. The van der Waals surface area contributed by atoms with E-state index in [0.29, 0.717) is 11.5 Å². The van der Waals surface area contributed by atoms with Crippen LogP contribution in [0.2, 0.25) is 0 Å². The fourth-order valence-corrected chi connectivity index (χ4v) is 2.71. The van der Waals surface area contributed by atoms with Crippen molar-refractivity contribution >= 4 is 6.09 Å². The van der Waals surface area contributed by atoms with Gasteiger partial charge in [-0.25, -0.2) is 4.79 Å². The first kappa shape index (κ1) is 11.7. The van der Waals surface area contributed by atoms with E-state index in [1.165, 1.54) is 6.42 Å². The van der Waals surface area contributed by atoms with E-state index in [1.807, 2.05) is 20.8 Å². The predicted molar refractivity (Wildman–Crippen MR) is 62.3 cm³/mol. The molecule has 1 heterocycles. The molecule has 92 valence electrons. The van der Waals surface area contributed by atoms with Gasteiger partial charge in [0.2, 0.25) is 0 Å². The number of carbonyl (C=O) groups is 1. The average molecular weight is 226 g/mol. The summed E-state index contributed by atoms with van der Waals surface area (Å²) < 4.78 is 5.23. The summed E-state index contributed by atoms with van der Waals surface area (Å²) in [5.41, 5.74) is 0.0696. The first-order valence-corrected chi connectivity index (χ1v) is 6.09. The van der Waals surface area contributed by atoms with E-state index < -0.39 is 5.60 Å². The molecule has 2 N–H and O–H groups in total. The largest absolute Gasteiger partial charge is 0.444 e. The van der Waals surface area contributed by atoms with E-state index in [9.17, 15) is 4.79 Å². The SMILES string of the molecule is CC(C)(C)OC(=O)NC1CC2(CCNC2)C1. The number of rotatable bonds is 1. The molecular formula is C12H22N2O2. The fourth-order valence-electron chi connectivity index (χ4n) is 2.71. The highest BCUT2D eigenvalue weighted by molar-refractivity contribution is 5.68. The molecule has 1 aliphatic heterocycles. The van der Waals surface area contributed by atoms with Gasteiger partial charge in [0.05, 0.1) is 0 Å². The summed E-state index contributed by atoms with van der Waals surface area (Å²) in [6.07, 6.45) is 3.16. The van der Waals surface area contributed by atoms with E-state index in [1.54, 1.807) is 0 Å². The highest BCUT2D eigenvalue weighted by Gasteiger charge is 2.46. The molecule has 1 aliphatic carbocycles. The summed E-state index contributed by atoms with van der Waals surface area (Å²) in [7, 11) is 0. The van der Waals surface area contributed by atoms with Gasteiger partial charge in [0, 0.05) is 12.6 Å². The van der Waals surface area contributed by atoms with Crippen molar-refractivity contribution in [2.45, 2.75) is 51.7 Å². The lowest BCUT2D eigenvalue weighted by molar-refractivity contribution is 0.0364. The van der Waals surface area contributed by atoms with Gasteiger partial charge in [0.25, 0.3) is 0 Å². The Morgan fingerprint density at radius 3 is 2.62 bits per heavy atom. The molecule has 4 heteroatoms. The van der Waals surface area contributed by atoms with Gasteiger partial charge in [-0.1, -0.05) is 0 Å². The van der Waals surface area contributed by atoms with Gasteiger partial charge in [0.1, 0.15) is 5.60 Å². The summed E-state index contributed by atoms with van der Waals surface area (Å²) in [5.74, 6) is 0. The highest BCUT2D eigenvalue weighted by Crippen LogP contribution is 2.45. The lowest BCUT2D eigenvalue weighted by Gasteiger charge is -2.45. The third-order valence-electron chi connectivity index (χ3n) is 3.41. The second-order valence-electron chi connectivity index (χ2n) is 6.18. The molecule has 1 saturated heterocycles. The van der Waals surface area contributed by atoms with Crippen molar-refractivity contribution in [1.29, 1.82) is 0 Å². The van der Waals surface area contributed by atoms with Gasteiger partial charge in [-0.05, 0) is 52.0 Å². The lowest BCUT2D eigenvalue weighted by Crippen LogP contribution is -2.52. The summed E-state index contributed by atoms with van der Waals surface area (Å²) in [6, 6.07) is 0.315. The predicted octanol–water partition coefficient (Wildman–Crippen LogP) is 1.65. The molecule has 16 heavy (non-hydrogen) atoms. The van der Waals surface area contributed by atoms with Gasteiger partial charge < -0.3 is 15.4 Å². The van der Waals surface area contributed by atoms with Crippen LogP contribution < -0.4 is 10.6 Å². The Balaban J connectivity index is 1.71. The van der Waals surface area contributed by atoms with Crippen molar-refractivity contribution < 1.29 is 9.53 Å². The molecule has 0 aromatic carbocycles. The van der Waals surface area contributed by atoms with Gasteiger partial charge in [-0.15, -0.1) is 0 Å². The van der Waals surface area contributed by atoms with Crippen LogP contribution in [0.15, 0.2) is 0 Å². The minimum Gasteiger partial charge on any atom is -0.444 e. The van der Waals surface area contributed by atoms with Crippen molar-refractivity contribution in [2.24, 2.45) is 5.41 Å². The average Bonchev–Trinajstić information content (AvgIpc) is 2.47. The maximum atomic E-state index is 11.5. The Bertz CT molecular complexity index is 269. The van der Waals surface area contributed by atoms with Crippen LogP contribution in [-0.4, -0.2) is 30.8 Å². The van der Waals surface area contributed by atoms with Gasteiger partial charge in [0.15, 0.2) is 0 Å². The van der Waals surface area contributed by atoms with E-state index in [2.05, 4.69) is 10.6 Å². The summed E-state index contributed by atoms with van der Waals surface area (Å²) in [5, 5.41) is 6.32. The topological polar surface area (TPSA) is 50.4 Å². The molecule has 2 fully saturated rings. The van der Waals surface area contributed by atoms with Crippen LogP contribution in [0.5, 0.6) is 0 Å². The Morgan fingerprint density at radius 1 is 1.44 bits per heavy atom. The molecule has 2 aliphatic rings. The van der Waals surface area contributed by atoms with E-state index >= 15 is 0 Å². The molecule has 1 spiro atoms. The Kier molecular flexibility index (Phi) is 2.86. The summed E-state index contributed by atoms with van der Waals surface area (Å²) in [6.45, 7) is 7.89. The van der Waals surface area contributed by atoms with Crippen molar-refractivity contribution in [3.63, 3.8) is 0 Å².